The van der Waals surface area contributed by atoms with Gasteiger partial charge < -0.3 is 4.74 Å². The van der Waals surface area contributed by atoms with E-state index in [-0.39, 0.29) is 13.0 Å². The van der Waals surface area contributed by atoms with E-state index in [0.717, 1.165) is 12.1 Å². The summed E-state index contributed by atoms with van der Waals surface area (Å²) in [4.78, 5) is 11.6. The van der Waals surface area contributed by atoms with Crippen molar-refractivity contribution in [3.05, 3.63) is 59.1 Å². The number of halogens is 3. The zero-order chi connectivity index (χ0) is 15.8. The Kier molecular flexibility index (Phi) is 6.39. The normalized spacial score (nSPS) is 12.7. The lowest BCUT2D eigenvalue weighted by Gasteiger charge is -2.06. The zero-order valence-corrected chi connectivity index (χ0v) is 11.4. The molecular formula is C15H14F3O3+. The number of hydrogen-bond acceptors (Lipinski definition) is 2. The Balaban J connectivity index is 3.13. The molecule has 0 fully saturated rings. The van der Waals surface area contributed by atoms with E-state index < -0.39 is 29.0 Å². The highest BCUT2D eigenvalue weighted by Gasteiger charge is 2.24. The fourth-order valence-electron chi connectivity index (χ4n) is 1.54. The van der Waals surface area contributed by atoms with Crippen LogP contribution in [0.1, 0.15) is 12.5 Å². The van der Waals surface area contributed by atoms with Crippen LogP contribution in [0.5, 0.6) is 0 Å². The van der Waals surface area contributed by atoms with Gasteiger partial charge in [0.2, 0.25) is 5.83 Å². The molecule has 0 aliphatic rings. The van der Waals surface area contributed by atoms with Crippen molar-refractivity contribution in [1.82, 2.24) is 0 Å². The van der Waals surface area contributed by atoms with Gasteiger partial charge in [0.25, 0.3) is 6.79 Å². The van der Waals surface area contributed by atoms with Crippen molar-refractivity contribution in [3.8, 4) is 0 Å². The second kappa shape index (κ2) is 8.04. The summed E-state index contributed by atoms with van der Waals surface area (Å²) in [6.07, 6.45) is 0.114. The standard InChI is InChI=1S/C15H14F3O3/c1-3-21-15(19)14(13(18)9-20-2)12(17)8-10-4-6-11(16)7-5-10/h4-7,9H,2-3,8H2,1H3/q+1/b13-9+,14-12-. The summed E-state index contributed by atoms with van der Waals surface area (Å²) in [7, 11) is 0. The summed E-state index contributed by atoms with van der Waals surface area (Å²) >= 11 is 0. The van der Waals surface area contributed by atoms with Crippen LogP contribution in [0.2, 0.25) is 0 Å². The van der Waals surface area contributed by atoms with E-state index >= 15 is 0 Å². The second-order valence-corrected chi connectivity index (χ2v) is 3.94. The number of benzene rings is 1. The van der Waals surface area contributed by atoms with Crippen LogP contribution in [0.4, 0.5) is 13.2 Å². The van der Waals surface area contributed by atoms with Gasteiger partial charge in [-0.05, 0) is 24.6 Å². The first-order chi connectivity index (χ1) is 9.99. The highest BCUT2D eigenvalue weighted by atomic mass is 19.1. The van der Waals surface area contributed by atoms with Crippen molar-refractivity contribution < 1.29 is 27.1 Å². The van der Waals surface area contributed by atoms with E-state index in [4.69, 9.17) is 0 Å². The first-order valence-corrected chi connectivity index (χ1v) is 6.06. The Hall–Kier alpha value is -2.37. The van der Waals surface area contributed by atoms with Gasteiger partial charge in [-0.3, -0.25) is 0 Å². The largest absolute Gasteiger partial charge is 0.462 e. The smallest absolute Gasteiger partial charge is 0.353 e. The summed E-state index contributed by atoms with van der Waals surface area (Å²) in [5.41, 5.74) is -0.496. The number of rotatable bonds is 6. The number of allylic oxidation sites excluding steroid dienone is 1. The lowest BCUT2D eigenvalue weighted by molar-refractivity contribution is -0.363. The fraction of sp³-hybridized carbons (Fsp3) is 0.200. The summed E-state index contributed by atoms with van der Waals surface area (Å²) in [5, 5.41) is 0. The molecule has 112 valence electrons. The van der Waals surface area contributed by atoms with Gasteiger partial charge in [-0.15, -0.1) is 0 Å². The quantitative estimate of drug-likeness (QED) is 0.266. The fourth-order valence-corrected chi connectivity index (χ4v) is 1.54. The predicted octanol–water partition coefficient (Wildman–Crippen LogP) is 3.33. The highest BCUT2D eigenvalue weighted by molar-refractivity contribution is 5.93. The average Bonchev–Trinajstić information content (AvgIpc) is 2.42. The minimum absolute atomic E-state index is 0.0370. The number of esters is 1. The van der Waals surface area contributed by atoms with Gasteiger partial charge in [0.1, 0.15) is 17.2 Å². The SMILES string of the molecule is C=[O+]/C=C(F)\C(C(=O)OCC)=C(\F)Cc1ccc(F)cc1. The molecule has 0 aliphatic heterocycles. The summed E-state index contributed by atoms with van der Waals surface area (Å²) in [6.45, 7) is 4.38. The molecule has 0 atom stereocenters. The molecule has 0 unspecified atom stereocenters. The van der Waals surface area contributed by atoms with Gasteiger partial charge in [-0.2, -0.15) is 4.39 Å². The maximum atomic E-state index is 14.1. The van der Waals surface area contributed by atoms with E-state index in [2.05, 4.69) is 16.0 Å². The third kappa shape index (κ3) is 4.91. The lowest BCUT2D eigenvalue weighted by atomic mass is 10.1. The second-order valence-electron chi connectivity index (χ2n) is 3.94. The molecule has 0 saturated carbocycles. The molecule has 21 heavy (non-hydrogen) atoms. The van der Waals surface area contributed by atoms with Crippen molar-refractivity contribution in [3.63, 3.8) is 0 Å². The van der Waals surface area contributed by atoms with Gasteiger partial charge >= 0.3 is 12.2 Å². The van der Waals surface area contributed by atoms with Gasteiger partial charge in [0.15, 0.2) is 0 Å². The van der Waals surface area contributed by atoms with Crippen LogP contribution in [-0.2, 0) is 20.4 Å². The summed E-state index contributed by atoms with van der Waals surface area (Å²) in [5.74, 6) is -3.91. The van der Waals surface area contributed by atoms with Crippen molar-refractivity contribution in [2.45, 2.75) is 13.3 Å². The Bertz CT molecular complexity index is 574. The van der Waals surface area contributed by atoms with Crippen molar-refractivity contribution in [1.29, 1.82) is 0 Å². The Morgan fingerprint density at radius 1 is 1.33 bits per heavy atom. The van der Waals surface area contributed by atoms with Crippen LogP contribution in [0, 0.1) is 5.82 Å². The molecule has 0 aliphatic carbocycles. The van der Waals surface area contributed by atoms with Gasteiger partial charge in [0, 0.05) is 6.42 Å². The van der Waals surface area contributed by atoms with Crippen LogP contribution in [0.15, 0.2) is 47.8 Å². The Morgan fingerprint density at radius 3 is 2.48 bits per heavy atom. The van der Waals surface area contributed by atoms with Crippen LogP contribution < -0.4 is 0 Å². The molecule has 0 spiro atoms. The lowest BCUT2D eigenvalue weighted by Crippen LogP contribution is -2.11. The molecule has 1 aromatic rings. The van der Waals surface area contributed by atoms with E-state index in [9.17, 15) is 18.0 Å². The number of carbonyl (C=O) groups is 1. The predicted molar refractivity (Wildman–Crippen MR) is 71.2 cm³/mol. The molecule has 0 heterocycles. The molecule has 0 bridgehead atoms. The first-order valence-electron chi connectivity index (χ1n) is 6.06. The Labute approximate surface area is 120 Å². The van der Waals surface area contributed by atoms with E-state index in [1.165, 1.54) is 19.1 Å². The molecule has 0 radical (unpaired) electrons. The van der Waals surface area contributed by atoms with Gasteiger partial charge in [0.05, 0.1) is 6.61 Å². The summed E-state index contributed by atoms with van der Waals surface area (Å²) < 4.78 is 49.4. The van der Waals surface area contributed by atoms with E-state index in [0.29, 0.717) is 11.8 Å². The zero-order valence-electron chi connectivity index (χ0n) is 11.4. The molecule has 0 aromatic heterocycles. The maximum Gasteiger partial charge on any atom is 0.353 e. The Morgan fingerprint density at radius 2 is 1.95 bits per heavy atom. The van der Waals surface area contributed by atoms with E-state index in [1.54, 1.807) is 0 Å². The molecule has 0 N–H and O–H groups in total. The monoisotopic (exact) mass is 299 g/mol. The molecule has 0 amide bonds. The third-order valence-corrected chi connectivity index (χ3v) is 2.45. The number of ether oxygens (including phenoxy) is 1. The van der Waals surface area contributed by atoms with Crippen molar-refractivity contribution in [2.24, 2.45) is 0 Å². The number of carbonyl (C=O) groups excluding carboxylic acids is 2. The van der Waals surface area contributed by atoms with Crippen LogP contribution in [-0.4, -0.2) is 19.4 Å². The van der Waals surface area contributed by atoms with Crippen molar-refractivity contribution in [2.75, 3.05) is 6.61 Å². The van der Waals surface area contributed by atoms with Crippen molar-refractivity contribution >= 4 is 12.8 Å². The average molecular weight is 299 g/mol. The summed E-state index contributed by atoms with van der Waals surface area (Å²) in [6, 6.07) is 4.93. The van der Waals surface area contributed by atoms with Crippen LogP contribution in [0.25, 0.3) is 0 Å². The molecule has 0 saturated heterocycles. The third-order valence-electron chi connectivity index (χ3n) is 2.45. The van der Waals surface area contributed by atoms with Gasteiger partial charge in [-0.1, -0.05) is 12.1 Å². The molecule has 3 nitrogen and oxygen atoms in total. The molecule has 1 aromatic carbocycles. The van der Waals surface area contributed by atoms with Crippen LogP contribution >= 0.6 is 0 Å². The van der Waals surface area contributed by atoms with E-state index in [1.807, 2.05) is 0 Å². The van der Waals surface area contributed by atoms with Gasteiger partial charge in [-0.25, -0.2) is 18.0 Å². The van der Waals surface area contributed by atoms with Crippen LogP contribution in [0.3, 0.4) is 0 Å². The molecule has 1 rings (SSSR count). The molecule has 6 heteroatoms. The maximum absolute atomic E-state index is 14.1. The minimum atomic E-state index is -1.23. The minimum Gasteiger partial charge on any atom is -0.462 e. The topological polar surface area (TPSA) is 37.6 Å². The highest BCUT2D eigenvalue weighted by Crippen LogP contribution is 2.22. The number of hydrogen-bond donors (Lipinski definition) is 0. The molecular weight excluding hydrogens is 285 g/mol. The first kappa shape index (κ1) is 16.7.